The number of aryl methyl sites for hydroxylation is 1. The largest absolute Gasteiger partial charge is 0.488 e. The highest BCUT2D eigenvalue weighted by molar-refractivity contribution is 9.10. The van der Waals surface area contributed by atoms with Crippen molar-refractivity contribution >= 4 is 48.8 Å². The number of nitrogens with zero attached hydrogens (tertiary/aromatic N) is 1. The summed E-state index contributed by atoms with van der Waals surface area (Å²) in [6.45, 7) is 6.14. The fraction of sp³-hybridized carbons (Fsp3) is 0.226. The van der Waals surface area contributed by atoms with Crippen LogP contribution in [0.5, 0.6) is 5.75 Å². The molecule has 9 heteroatoms. The average molecular weight is 623 g/mol. The van der Waals surface area contributed by atoms with E-state index in [1.807, 2.05) is 63.2 Å². The Morgan fingerprint density at radius 3 is 2.45 bits per heavy atom. The van der Waals surface area contributed by atoms with E-state index in [0.717, 1.165) is 31.9 Å². The number of carbonyl (C=O) groups excluding carboxylic acids is 1. The van der Waals surface area contributed by atoms with Crippen LogP contribution in [0, 0.1) is 12.8 Å². The molecule has 4 rings (SSSR count). The number of halogens is 1. The molecule has 4 aromatic rings. The number of hydrazone groups is 1. The molecule has 0 heterocycles. The third-order valence-electron chi connectivity index (χ3n) is 6.26. The molecular formula is C31H32BrN3O4S. The number of carbonyl (C=O) groups is 1. The highest BCUT2D eigenvalue weighted by Crippen LogP contribution is 2.27. The summed E-state index contributed by atoms with van der Waals surface area (Å²) in [6, 6.07) is 25.3. The molecule has 0 aliphatic heterocycles. The summed E-state index contributed by atoms with van der Waals surface area (Å²) in [6.07, 6.45) is 1.82. The molecule has 1 amide bonds. The van der Waals surface area contributed by atoms with Crippen molar-refractivity contribution < 1.29 is 17.9 Å². The molecule has 7 nitrogen and oxygen atoms in total. The van der Waals surface area contributed by atoms with E-state index in [-0.39, 0.29) is 10.8 Å². The molecule has 0 saturated heterocycles. The second-order valence-electron chi connectivity index (χ2n) is 9.97. The number of fused-ring (bicyclic) bond motifs is 1. The minimum absolute atomic E-state index is 0.0813. The molecule has 0 fully saturated rings. The summed E-state index contributed by atoms with van der Waals surface area (Å²) >= 11 is 3.55. The molecule has 4 aromatic carbocycles. The first-order valence-corrected chi connectivity index (χ1v) is 15.2. The Balaban J connectivity index is 1.38. The molecule has 0 aliphatic rings. The van der Waals surface area contributed by atoms with Crippen LogP contribution in [0.25, 0.3) is 10.8 Å². The molecule has 208 valence electrons. The van der Waals surface area contributed by atoms with E-state index in [1.165, 1.54) is 18.3 Å². The van der Waals surface area contributed by atoms with E-state index >= 15 is 0 Å². The number of amides is 1. The van der Waals surface area contributed by atoms with Gasteiger partial charge in [0.05, 0.1) is 15.6 Å². The van der Waals surface area contributed by atoms with Crippen molar-refractivity contribution in [3.8, 4) is 5.75 Å². The first-order valence-electron chi connectivity index (χ1n) is 12.9. The molecular weight excluding hydrogens is 590 g/mol. The lowest BCUT2D eigenvalue weighted by molar-refractivity contribution is -0.123. The van der Waals surface area contributed by atoms with Crippen molar-refractivity contribution in [3.63, 3.8) is 0 Å². The number of nitrogens with one attached hydrogen (secondary N) is 2. The van der Waals surface area contributed by atoms with Crippen LogP contribution in [0.15, 0.2) is 99.4 Å². The highest BCUT2D eigenvalue weighted by atomic mass is 79.9. The Kier molecular flexibility index (Phi) is 9.73. The molecule has 0 unspecified atom stereocenters. The van der Waals surface area contributed by atoms with Crippen molar-refractivity contribution in [2.45, 2.75) is 44.7 Å². The molecule has 0 saturated carbocycles. The van der Waals surface area contributed by atoms with Crippen molar-refractivity contribution in [1.29, 1.82) is 0 Å². The predicted octanol–water partition coefficient (Wildman–Crippen LogP) is 6.33. The monoisotopic (exact) mass is 621 g/mol. The SMILES string of the molecule is Cc1ccc(S(=O)(=O)N[C@@H](CC(C)C)C(=O)N/N=C\c2ccc(OCc3cccc4ccccc34)c(Br)c2)cc1. The zero-order valence-corrected chi connectivity index (χ0v) is 25.0. The van der Waals surface area contributed by atoms with Gasteiger partial charge in [0, 0.05) is 0 Å². The van der Waals surface area contributed by atoms with Gasteiger partial charge in [-0.3, -0.25) is 4.79 Å². The van der Waals surface area contributed by atoms with Gasteiger partial charge in [0.1, 0.15) is 18.4 Å². The van der Waals surface area contributed by atoms with Crippen molar-refractivity contribution in [2.24, 2.45) is 11.0 Å². The summed E-state index contributed by atoms with van der Waals surface area (Å²) in [5.41, 5.74) is 5.24. The lowest BCUT2D eigenvalue weighted by atomic mass is 10.0. The van der Waals surface area contributed by atoms with Gasteiger partial charge in [-0.25, -0.2) is 13.8 Å². The maximum Gasteiger partial charge on any atom is 0.258 e. The third kappa shape index (κ3) is 7.78. The first kappa shape index (κ1) is 29.5. The summed E-state index contributed by atoms with van der Waals surface area (Å²) in [5, 5.41) is 6.37. The van der Waals surface area contributed by atoms with Crippen LogP contribution >= 0.6 is 15.9 Å². The third-order valence-corrected chi connectivity index (χ3v) is 8.37. The first-order chi connectivity index (χ1) is 19.1. The Morgan fingerprint density at radius 2 is 1.73 bits per heavy atom. The Hall–Kier alpha value is -3.53. The summed E-state index contributed by atoms with van der Waals surface area (Å²) in [5.74, 6) is 0.226. The quantitative estimate of drug-likeness (QED) is 0.151. The Bertz CT molecular complexity index is 1610. The fourth-order valence-corrected chi connectivity index (χ4v) is 5.91. The number of rotatable bonds is 11. The lowest BCUT2D eigenvalue weighted by Crippen LogP contribution is -2.46. The zero-order chi connectivity index (χ0) is 28.7. The van der Waals surface area contributed by atoms with Crippen LogP contribution in [0.2, 0.25) is 0 Å². The lowest BCUT2D eigenvalue weighted by Gasteiger charge is -2.19. The summed E-state index contributed by atoms with van der Waals surface area (Å²) in [7, 11) is -3.88. The summed E-state index contributed by atoms with van der Waals surface area (Å²) in [4.78, 5) is 13.0. The number of hydrogen-bond donors (Lipinski definition) is 2. The number of ether oxygens (including phenoxy) is 1. The van der Waals surface area contributed by atoms with E-state index in [2.05, 4.69) is 49.4 Å². The topological polar surface area (TPSA) is 96.9 Å². The van der Waals surface area contributed by atoms with E-state index in [0.29, 0.717) is 18.8 Å². The predicted molar refractivity (Wildman–Crippen MR) is 163 cm³/mol. The van der Waals surface area contributed by atoms with E-state index in [1.54, 1.807) is 12.1 Å². The van der Waals surface area contributed by atoms with Gasteiger partial charge < -0.3 is 4.74 Å². The molecule has 0 aromatic heterocycles. The van der Waals surface area contributed by atoms with E-state index in [9.17, 15) is 13.2 Å². The number of sulfonamides is 1. The van der Waals surface area contributed by atoms with Crippen LogP contribution in [-0.4, -0.2) is 26.6 Å². The van der Waals surface area contributed by atoms with Gasteiger partial charge in [-0.15, -0.1) is 0 Å². The van der Waals surface area contributed by atoms with Crippen LogP contribution in [0.3, 0.4) is 0 Å². The second kappa shape index (κ2) is 13.2. The Morgan fingerprint density at radius 1 is 1.00 bits per heavy atom. The minimum Gasteiger partial charge on any atom is -0.488 e. The van der Waals surface area contributed by atoms with Crippen molar-refractivity contribution in [2.75, 3.05) is 0 Å². The van der Waals surface area contributed by atoms with Crippen molar-refractivity contribution in [1.82, 2.24) is 10.1 Å². The van der Waals surface area contributed by atoms with Crippen LogP contribution in [0.4, 0.5) is 0 Å². The highest BCUT2D eigenvalue weighted by Gasteiger charge is 2.26. The standard InChI is InChI=1S/C31H32BrN3O4S/c1-21(2)17-29(35-40(37,38)26-14-11-22(3)12-15-26)31(36)34-33-19-23-13-16-30(28(32)18-23)39-20-25-9-6-8-24-7-4-5-10-27(24)25/h4-16,18-19,21,29,35H,17,20H2,1-3H3,(H,34,36)/b33-19-/t29-/m0/s1. The second-order valence-corrected chi connectivity index (χ2v) is 12.5. The maximum absolute atomic E-state index is 12.9. The number of hydrogen-bond acceptors (Lipinski definition) is 5. The van der Waals surface area contributed by atoms with E-state index in [4.69, 9.17) is 4.74 Å². The van der Waals surface area contributed by atoms with Gasteiger partial charge in [0.15, 0.2) is 0 Å². The molecule has 0 bridgehead atoms. The van der Waals surface area contributed by atoms with Crippen LogP contribution < -0.4 is 14.9 Å². The smallest absolute Gasteiger partial charge is 0.258 e. The van der Waals surface area contributed by atoms with Gasteiger partial charge in [-0.1, -0.05) is 74.0 Å². The normalized spacial score (nSPS) is 12.6. The minimum atomic E-state index is -3.88. The fourth-order valence-electron chi connectivity index (χ4n) is 4.19. The van der Waals surface area contributed by atoms with Crippen LogP contribution in [-0.2, 0) is 21.4 Å². The van der Waals surface area contributed by atoms with Gasteiger partial charge in [-0.05, 0) is 87.4 Å². The maximum atomic E-state index is 12.9. The van der Waals surface area contributed by atoms with Gasteiger partial charge in [0.25, 0.3) is 5.91 Å². The van der Waals surface area contributed by atoms with Gasteiger partial charge in [-0.2, -0.15) is 9.82 Å². The molecule has 40 heavy (non-hydrogen) atoms. The number of benzene rings is 4. The molecule has 1 atom stereocenters. The molecule has 0 radical (unpaired) electrons. The zero-order valence-electron chi connectivity index (χ0n) is 22.6. The molecule has 0 aliphatic carbocycles. The van der Waals surface area contributed by atoms with Crippen LogP contribution in [0.1, 0.15) is 37.0 Å². The molecule has 0 spiro atoms. The van der Waals surface area contributed by atoms with E-state index < -0.39 is 22.0 Å². The van der Waals surface area contributed by atoms with Gasteiger partial charge in [0.2, 0.25) is 10.0 Å². The summed E-state index contributed by atoms with van der Waals surface area (Å²) < 4.78 is 35.1. The van der Waals surface area contributed by atoms with Gasteiger partial charge >= 0.3 is 0 Å². The average Bonchev–Trinajstić information content (AvgIpc) is 2.92. The van der Waals surface area contributed by atoms with Crippen molar-refractivity contribution in [3.05, 3.63) is 106 Å². The molecule has 2 N–H and O–H groups in total. The Labute approximate surface area is 243 Å².